The van der Waals surface area contributed by atoms with Gasteiger partial charge in [0, 0.05) is 19.6 Å². The van der Waals surface area contributed by atoms with E-state index in [-0.39, 0.29) is 56.3 Å². The molecule has 0 aliphatic carbocycles. The Hall–Kier alpha value is -7.24. The highest BCUT2D eigenvalue weighted by atomic mass is 16.6. The Bertz CT molecular complexity index is 2540. The maximum atomic E-state index is 13.1. The molecule has 3 aromatic rings. The van der Waals surface area contributed by atoms with Crippen molar-refractivity contribution in [3.8, 4) is 0 Å². The zero-order valence-corrected chi connectivity index (χ0v) is 46.6. The minimum Gasteiger partial charge on any atom is -0.447 e. The lowest BCUT2D eigenvalue weighted by Gasteiger charge is -2.53. The second-order valence-corrected chi connectivity index (χ2v) is 22.8. The number of carbonyl (C=O) groups is 8. The summed E-state index contributed by atoms with van der Waals surface area (Å²) in [7, 11) is 0. The third kappa shape index (κ3) is 13.0. The summed E-state index contributed by atoms with van der Waals surface area (Å²) in [5, 5.41) is 44.7. The molecule has 440 valence electrons. The molecule has 0 bridgehead atoms. The fourth-order valence-corrected chi connectivity index (χ4v) is 10.9. The average molecular weight is 1130 g/mol. The number of nitrogens with one attached hydrogen (secondary N) is 4. The first-order valence-corrected chi connectivity index (χ1v) is 26.7. The van der Waals surface area contributed by atoms with E-state index in [9.17, 15) is 53.7 Å². The number of nitrogens with zero attached hydrogens (tertiary/aromatic N) is 9. The third-order valence-corrected chi connectivity index (χ3v) is 14.5. The molecule has 0 saturated carbocycles. The van der Waals surface area contributed by atoms with Gasteiger partial charge in [0.15, 0.2) is 6.33 Å². The molecular formula is C51H75N13O16. The van der Waals surface area contributed by atoms with Gasteiger partial charge in [-0.2, -0.15) is 4.98 Å². The molecule has 29 heteroatoms. The average Bonchev–Trinajstić information content (AvgIpc) is 4.27. The van der Waals surface area contributed by atoms with E-state index in [4.69, 9.17) is 22.8 Å². The highest BCUT2D eigenvalue weighted by Gasteiger charge is 2.64. The molecule has 80 heavy (non-hydrogen) atoms. The van der Waals surface area contributed by atoms with Crippen molar-refractivity contribution in [1.29, 1.82) is 0 Å². The van der Waals surface area contributed by atoms with Crippen LogP contribution in [0.5, 0.6) is 0 Å². The molecule has 6 saturated heterocycles. The lowest BCUT2D eigenvalue weighted by molar-refractivity contribution is -0.172. The second-order valence-electron chi connectivity index (χ2n) is 22.8. The maximum absolute atomic E-state index is 13.1. The molecule has 29 nitrogen and oxygen atoms in total. The highest BCUT2D eigenvalue weighted by molar-refractivity contribution is 6.01. The summed E-state index contributed by atoms with van der Waals surface area (Å²) >= 11 is 0. The van der Waals surface area contributed by atoms with Gasteiger partial charge in [-0.15, -0.1) is 0 Å². The Morgan fingerprint density at radius 2 is 1.02 bits per heavy atom. The summed E-state index contributed by atoms with van der Waals surface area (Å²) < 4.78 is 25.8. The Morgan fingerprint density at radius 1 is 0.613 bits per heavy atom. The van der Waals surface area contributed by atoms with Crippen molar-refractivity contribution in [1.82, 2.24) is 65.9 Å². The molecule has 6 fully saturated rings. The summed E-state index contributed by atoms with van der Waals surface area (Å²) in [6, 6.07) is -3.04. The van der Waals surface area contributed by atoms with Crippen LogP contribution >= 0.6 is 0 Å². The monoisotopic (exact) mass is 1130 g/mol. The van der Waals surface area contributed by atoms with E-state index < -0.39 is 94.2 Å². The molecule has 9 heterocycles. The molecule has 0 aromatic carbocycles. The molecule has 9 rings (SSSR count). The van der Waals surface area contributed by atoms with Crippen LogP contribution in [0.4, 0.5) is 9.59 Å². The molecule has 9 atom stereocenters. The van der Waals surface area contributed by atoms with Crippen LogP contribution in [-0.4, -0.2) is 211 Å². The summed E-state index contributed by atoms with van der Waals surface area (Å²) in [4.78, 5) is 120. The Labute approximate surface area is 461 Å². The molecule has 3 aromatic heterocycles. The van der Waals surface area contributed by atoms with Crippen molar-refractivity contribution >= 4 is 47.6 Å². The Morgan fingerprint density at radius 3 is 1.34 bits per heavy atom. The van der Waals surface area contributed by atoms with Crippen LogP contribution in [0.3, 0.4) is 0 Å². The van der Waals surface area contributed by atoms with Gasteiger partial charge in [-0.3, -0.25) is 38.6 Å². The van der Waals surface area contributed by atoms with Gasteiger partial charge in [0.05, 0.1) is 63.4 Å². The van der Waals surface area contributed by atoms with Crippen LogP contribution < -0.4 is 21.3 Å². The van der Waals surface area contributed by atoms with E-state index in [0.29, 0.717) is 57.1 Å². The van der Waals surface area contributed by atoms with E-state index in [1.54, 1.807) is 41.5 Å². The van der Waals surface area contributed by atoms with Gasteiger partial charge >= 0.3 is 12.2 Å². The summed E-state index contributed by atoms with van der Waals surface area (Å²) in [5.41, 5.74) is -3.88. The van der Waals surface area contributed by atoms with Crippen LogP contribution in [0.2, 0.25) is 0 Å². The number of β-lactam (4-membered cyclic amide) rings is 3. The number of likely N-dealkylation sites (tertiary alicyclic amines) is 5. The van der Waals surface area contributed by atoms with E-state index in [1.165, 1.54) is 76.5 Å². The zero-order valence-electron chi connectivity index (χ0n) is 46.6. The molecule has 6 aliphatic heterocycles. The van der Waals surface area contributed by atoms with Crippen molar-refractivity contribution in [2.75, 3.05) is 39.3 Å². The summed E-state index contributed by atoms with van der Waals surface area (Å²) in [6.07, 6.45) is 6.83. The Balaban J connectivity index is 0.000000175. The van der Waals surface area contributed by atoms with E-state index >= 15 is 0 Å². The van der Waals surface area contributed by atoms with Gasteiger partial charge in [-0.05, 0) is 107 Å². The van der Waals surface area contributed by atoms with Crippen LogP contribution in [0, 0.1) is 0 Å². The van der Waals surface area contributed by atoms with Crippen LogP contribution in [0.15, 0.2) is 44.6 Å². The predicted octanol–water partition coefficient (Wildman–Crippen LogP) is -0.296. The number of aliphatic hydroxyl groups excluding tert-OH is 3. The topological polar surface area (TPSA) is 371 Å². The number of aliphatic hydroxyl groups is 3. The molecular weight excluding hydrogens is 1050 g/mol. The van der Waals surface area contributed by atoms with Crippen molar-refractivity contribution in [3.63, 3.8) is 0 Å². The van der Waals surface area contributed by atoms with Crippen LogP contribution in [0.1, 0.15) is 119 Å². The summed E-state index contributed by atoms with van der Waals surface area (Å²) in [5.74, 6) is -1.37. The van der Waals surface area contributed by atoms with Gasteiger partial charge in [0.1, 0.15) is 58.5 Å². The van der Waals surface area contributed by atoms with Crippen molar-refractivity contribution in [2.45, 2.75) is 185 Å². The van der Waals surface area contributed by atoms with Gasteiger partial charge in [0.2, 0.25) is 41.3 Å². The Kier molecular flexibility index (Phi) is 18.3. The zero-order chi connectivity index (χ0) is 58.5. The smallest absolute Gasteiger partial charge is 0.411 e. The number of hydrogen-bond acceptors (Lipinski definition) is 21. The standard InChI is InChI=1S/C19H28N4O6.C18H27N5O6.C14H20N4O4/c1-12(24)14(15(25)21-10-13-20-7-9-28-13)22-11-19(16(22)26)6-5-8-23(19)17(27)29-18(2,3)4;1-11(24)13(14(25)19-8-12-20-10-21-29-12)22-9-18(15(22)26)6-5-7-23(18)16(27)28-17(2,3)4;1-9(19)11(12(20)16-7-10-15-5-6-22-10)18-8-14(13(18)21)3-2-4-17-14/h7,9,12,14,24H,5-6,8,10-11H2,1-4H3,(H,21,25);10-11,13,24H,5-9H2,1-4H3,(H,19,25);5-6,9,11,17,19H,2-4,7-8H2,1H3,(H,16,20)/t12-,14+,19?;11-,13+,18?;9-,11+,14?/m111/s1. The minimum absolute atomic E-state index is 0.0146. The van der Waals surface area contributed by atoms with Crippen LogP contribution in [-0.2, 0) is 57.9 Å². The largest absolute Gasteiger partial charge is 0.447 e. The fraction of sp³-hybridized carbons (Fsp3) is 0.686. The third-order valence-electron chi connectivity index (χ3n) is 14.5. The molecule has 3 spiro atoms. The number of oxazole rings is 2. The van der Waals surface area contributed by atoms with E-state index in [2.05, 4.69) is 41.4 Å². The van der Waals surface area contributed by atoms with E-state index in [0.717, 1.165) is 19.4 Å². The fourth-order valence-electron chi connectivity index (χ4n) is 10.9. The number of ether oxygens (including phenoxy) is 2. The van der Waals surface area contributed by atoms with Gasteiger partial charge in [0.25, 0.3) is 11.8 Å². The lowest BCUT2D eigenvalue weighted by atomic mass is 9.83. The quantitative estimate of drug-likeness (QED) is 0.0961. The maximum Gasteiger partial charge on any atom is 0.411 e. The summed E-state index contributed by atoms with van der Waals surface area (Å²) in [6.45, 7) is 17.6. The predicted molar refractivity (Wildman–Crippen MR) is 274 cm³/mol. The highest BCUT2D eigenvalue weighted by Crippen LogP contribution is 2.43. The SMILES string of the molecule is C[C@@H](O)[C@@H](C(=O)NCc1ncco1)N1CC2(CCCN2)C1=O.C[C@@H](O)[C@@H](C(=O)NCc1ncco1)N1CC2(CCCN2C(=O)OC(C)(C)C)C1=O.C[C@@H](O)[C@@H](C(=O)NCc1ncno1)N1CC2(CCCN2C(=O)OC(C)(C)C)C1=O. The van der Waals surface area contributed by atoms with Crippen LogP contribution in [0.25, 0.3) is 0 Å². The van der Waals surface area contributed by atoms with Gasteiger partial charge < -0.3 is 74.1 Å². The number of carbonyl (C=O) groups excluding carboxylic acids is 8. The number of rotatable bonds is 15. The van der Waals surface area contributed by atoms with Gasteiger partial charge in [-0.1, -0.05) is 5.16 Å². The molecule has 8 amide bonds. The van der Waals surface area contributed by atoms with Gasteiger partial charge in [-0.25, -0.2) is 19.6 Å². The van der Waals surface area contributed by atoms with E-state index in [1.807, 2.05) is 0 Å². The number of amides is 8. The molecule has 7 N–H and O–H groups in total. The molecule has 6 aliphatic rings. The van der Waals surface area contributed by atoms with Crippen molar-refractivity contribution in [3.05, 3.63) is 48.9 Å². The first-order chi connectivity index (χ1) is 37.6. The first-order valence-electron chi connectivity index (χ1n) is 26.7. The normalized spacial score (nSPS) is 24.6. The number of aromatic nitrogens is 4. The number of hydrogen-bond donors (Lipinski definition) is 7. The first kappa shape index (κ1) is 60.4. The lowest BCUT2D eigenvalue weighted by Crippen LogP contribution is -2.77. The van der Waals surface area contributed by atoms with Crippen molar-refractivity contribution < 1.29 is 76.5 Å². The second kappa shape index (κ2) is 24.2. The minimum atomic E-state index is -1.10. The molecule has 0 radical (unpaired) electrons. The molecule has 3 unspecified atom stereocenters. The van der Waals surface area contributed by atoms with Crippen molar-refractivity contribution in [2.24, 2.45) is 0 Å².